The Morgan fingerprint density at radius 2 is 1.82 bits per heavy atom. The molecule has 11 heteroatoms. The molecule has 1 heterocycles. The Kier molecular flexibility index (Phi) is 8.35. The Balaban J connectivity index is 2.11. The van der Waals surface area contributed by atoms with Gasteiger partial charge in [-0.05, 0) is 12.8 Å². The second-order valence-electron chi connectivity index (χ2n) is 5.70. The van der Waals surface area contributed by atoms with E-state index in [1.807, 2.05) is 12.2 Å². The third-order valence-electron chi connectivity index (χ3n) is 3.98. The van der Waals surface area contributed by atoms with E-state index in [9.17, 15) is 9.59 Å². The minimum atomic E-state index is -0.686. The number of allylic oxidation sites excluding steroid dienone is 2. The van der Waals surface area contributed by atoms with Gasteiger partial charge in [-0.2, -0.15) is 4.98 Å². The molecule has 0 aliphatic heterocycles. The van der Waals surface area contributed by atoms with E-state index in [1.54, 1.807) is 0 Å². The van der Waals surface area contributed by atoms with E-state index < -0.39 is 23.7 Å². The quantitative estimate of drug-likeness (QED) is 0.502. The van der Waals surface area contributed by atoms with Gasteiger partial charge in [0.05, 0.1) is 37.3 Å². The number of nitrogens with one attached hydrogen (secondary N) is 1. The first-order chi connectivity index (χ1) is 13.4. The number of esters is 1. The molecule has 0 saturated heterocycles. The van der Waals surface area contributed by atoms with Gasteiger partial charge in [-0.3, -0.25) is 9.59 Å². The molecule has 1 amide bonds. The molecule has 2 atom stereocenters. The van der Waals surface area contributed by atoms with Gasteiger partial charge >= 0.3 is 12.0 Å². The van der Waals surface area contributed by atoms with Crippen molar-refractivity contribution in [2.24, 2.45) is 11.8 Å². The number of halogens is 3. The van der Waals surface area contributed by atoms with Crippen LogP contribution >= 0.6 is 34.8 Å². The zero-order valence-corrected chi connectivity index (χ0v) is 17.3. The van der Waals surface area contributed by atoms with Crippen LogP contribution in [0.15, 0.2) is 27.9 Å². The minimum absolute atomic E-state index is 0.00385. The number of methoxy groups -OCH3 is 2. The van der Waals surface area contributed by atoms with Gasteiger partial charge in [0.15, 0.2) is 0 Å². The average Bonchev–Trinajstić information content (AvgIpc) is 2.71. The molecule has 0 unspecified atom stereocenters. The maximum atomic E-state index is 12.8. The summed E-state index contributed by atoms with van der Waals surface area (Å²) < 4.78 is 15.0. The van der Waals surface area contributed by atoms with Crippen LogP contribution in [0.2, 0.25) is 0 Å². The second kappa shape index (κ2) is 10.5. The Hall–Kier alpha value is -2.03. The SMILES string of the molecule is COc1ncc(NC(=O)[C@@H]2CC=CC[C@H]2C(=O)OCC(Cl)=C(Cl)Cl)c(OC)n1. The summed E-state index contributed by atoms with van der Waals surface area (Å²) in [7, 11) is 2.82. The van der Waals surface area contributed by atoms with Gasteiger partial charge in [-0.1, -0.05) is 47.0 Å². The minimum Gasteiger partial charge on any atom is -0.479 e. The van der Waals surface area contributed by atoms with Gasteiger partial charge in [0.25, 0.3) is 0 Å². The van der Waals surface area contributed by atoms with Gasteiger partial charge in [0, 0.05) is 0 Å². The summed E-state index contributed by atoms with van der Waals surface area (Å²) >= 11 is 16.8. The summed E-state index contributed by atoms with van der Waals surface area (Å²) in [6, 6.07) is 0.0970. The van der Waals surface area contributed by atoms with Gasteiger partial charge in [0.1, 0.15) is 16.8 Å². The molecule has 0 aromatic carbocycles. The molecule has 0 radical (unpaired) electrons. The smallest absolute Gasteiger partial charge is 0.319 e. The van der Waals surface area contributed by atoms with E-state index in [0.717, 1.165) is 0 Å². The molecule has 1 N–H and O–H groups in total. The molecule has 28 heavy (non-hydrogen) atoms. The predicted octanol–water partition coefficient (Wildman–Crippen LogP) is 3.44. The third kappa shape index (κ3) is 5.73. The summed E-state index contributed by atoms with van der Waals surface area (Å²) in [6.07, 6.45) is 5.73. The lowest BCUT2D eigenvalue weighted by atomic mass is 9.82. The Morgan fingerprint density at radius 3 is 2.43 bits per heavy atom. The van der Waals surface area contributed by atoms with Crippen molar-refractivity contribution in [3.05, 3.63) is 27.9 Å². The lowest BCUT2D eigenvalue weighted by molar-refractivity contribution is -0.151. The predicted molar refractivity (Wildman–Crippen MR) is 105 cm³/mol. The molecule has 1 aliphatic rings. The molecule has 1 aromatic heterocycles. The monoisotopic (exact) mass is 449 g/mol. The molecular weight excluding hydrogens is 433 g/mol. The Bertz CT molecular complexity index is 796. The number of hydrogen-bond acceptors (Lipinski definition) is 7. The van der Waals surface area contributed by atoms with E-state index in [0.29, 0.717) is 12.8 Å². The van der Waals surface area contributed by atoms with Gasteiger partial charge in [-0.25, -0.2) is 4.98 Å². The number of carbonyl (C=O) groups is 2. The van der Waals surface area contributed by atoms with Crippen LogP contribution in [0, 0.1) is 11.8 Å². The average molecular weight is 451 g/mol. The summed E-state index contributed by atoms with van der Waals surface area (Å²) in [5.74, 6) is -2.17. The zero-order valence-electron chi connectivity index (χ0n) is 15.1. The van der Waals surface area contributed by atoms with Crippen molar-refractivity contribution in [1.82, 2.24) is 9.97 Å². The Labute approximate surface area is 176 Å². The zero-order chi connectivity index (χ0) is 20.7. The molecular formula is C17H18Cl3N3O5. The fraction of sp³-hybridized carbons (Fsp3) is 0.412. The number of rotatable bonds is 7. The summed E-state index contributed by atoms with van der Waals surface area (Å²) in [5.41, 5.74) is 0.259. The van der Waals surface area contributed by atoms with Gasteiger partial charge < -0.3 is 19.5 Å². The van der Waals surface area contributed by atoms with Crippen molar-refractivity contribution < 1.29 is 23.8 Å². The van der Waals surface area contributed by atoms with Crippen LogP contribution in [0.3, 0.4) is 0 Å². The molecule has 1 aliphatic carbocycles. The summed E-state index contributed by atoms with van der Waals surface area (Å²) in [5, 5.41) is 2.69. The third-order valence-corrected chi connectivity index (χ3v) is 4.93. The number of carbonyl (C=O) groups excluding carboxylic acids is 2. The standard InChI is InChI=1S/C17H18Cl3N3O5/c1-26-15-12(7-21-17(23-15)27-2)22-14(24)9-5-3-4-6-10(9)16(25)28-8-11(18)13(19)20/h3-4,7,9-10H,5-6,8H2,1-2H3,(H,22,24)/t9-,10-/m1/s1. The second-order valence-corrected chi connectivity index (χ2v) is 7.10. The van der Waals surface area contributed by atoms with Crippen molar-refractivity contribution in [2.45, 2.75) is 12.8 Å². The van der Waals surface area contributed by atoms with Crippen LogP contribution in [0.25, 0.3) is 0 Å². The fourth-order valence-electron chi connectivity index (χ4n) is 2.58. The number of aromatic nitrogens is 2. The molecule has 1 aromatic rings. The highest BCUT2D eigenvalue weighted by Crippen LogP contribution is 2.30. The van der Waals surface area contributed by atoms with E-state index in [-0.39, 0.29) is 33.7 Å². The van der Waals surface area contributed by atoms with Gasteiger partial charge in [-0.15, -0.1) is 0 Å². The van der Waals surface area contributed by atoms with E-state index in [1.165, 1.54) is 20.4 Å². The maximum absolute atomic E-state index is 12.8. The number of nitrogens with zero attached hydrogens (tertiary/aromatic N) is 2. The van der Waals surface area contributed by atoms with Crippen molar-refractivity contribution in [2.75, 3.05) is 26.1 Å². The lowest BCUT2D eigenvalue weighted by Gasteiger charge is -2.26. The van der Waals surface area contributed by atoms with Crippen LogP contribution in [0.4, 0.5) is 5.69 Å². The topological polar surface area (TPSA) is 99.6 Å². The first kappa shape index (κ1) is 22.3. The van der Waals surface area contributed by atoms with Crippen molar-refractivity contribution >= 4 is 52.4 Å². The van der Waals surface area contributed by atoms with Crippen LogP contribution in [0.5, 0.6) is 11.9 Å². The first-order valence-corrected chi connectivity index (χ1v) is 9.27. The maximum Gasteiger partial charge on any atom is 0.319 e. The van der Waals surface area contributed by atoms with Crippen LogP contribution < -0.4 is 14.8 Å². The molecule has 0 fully saturated rings. The van der Waals surface area contributed by atoms with Crippen LogP contribution in [-0.2, 0) is 14.3 Å². The Morgan fingerprint density at radius 1 is 1.14 bits per heavy atom. The molecule has 8 nitrogen and oxygen atoms in total. The van der Waals surface area contributed by atoms with Crippen molar-refractivity contribution in [3.63, 3.8) is 0 Å². The van der Waals surface area contributed by atoms with Crippen molar-refractivity contribution in [3.8, 4) is 11.9 Å². The number of amides is 1. The lowest BCUT2D eigenvalue weighted by Crippen LogP contribution is -2.36. The van der Waals surface area contributed by atoms with E-state index in [4.69, 9.17) is 49.0 Å². The highest BCUT2D eigenvalue weighted by Gasteiger charge is 2.35. The highest BCUT2D eigenvalue weighted by molar-refractivity contribution is 6.59. The molecule has 152 valence electrons. The highest BCUT2D eigenvalue weighted by atomic mass is 35.5. The van der Waals surface area contributed by atoms with E-state index >= 15 is 0 Å². The molecule has 2 rings (SSSR count). The summed E-state index contributed by atoms with van der Waals surface area (Å²) in [6.45, 7) is -0.266. The van der Waals surface area contributed by atoms with E-state index in [2.05, 4.69) is 15.3 Å². The number of ether oxygens (including phenoxy) is 3. The van der Waals surface area contributed by atoms with Crippen LogP contribution in [0.1, 0.15) is 12.8 Å². The number of anilines is 1. The molecule has 0 bridgehead atoms. The normalized spacial score (nSPS) is 18.2. The van der Waals surface area contributed by atoms with Crippen molar-refractivity contribution in [1.29, 1.82) is 0 Å². The molecule has 0 saturated carbocycles. The van der Waals surface area contributed by atoms with Gasteiger partial charge in [0.2, 0.25) is 11.8 Å². The number of hydrogen-bond donors (Lipinski definition) is 1. The summed E-state index contributed by atoms with van der Waals surface area (Å²) in [4.78, 5) is 33.2. The fourth-order valence-corrected chi connectivity index (χ4v) is 2.74. The first-order valence-electron chi connectivity index (χ1n) is 8.14. The van der Waals surface area contributed by atoms with Crippen LogP contribution in [-0.4, -0.2) is 42.7 Å². The largest absolute Gasteiger partial charge is 0.479 e. The molecule has 0 spiro atoms.